The number of aromatic nitrogens is 1. The summed E-state index contributed by atoms with van der Waals surface area (Å²) in [6, 6.07) is 6.40. The highest BCUT2D eigenvalue weighted by molar-refractivity contribution is 5.85. The van der Waals surface area contributed by atoms with E-state index in [0.717, 1.165) is 26.2 Å². The van der Waals surface area contributed by atoms with Crippen molar-refractivity contribution < 1.29 is 13.6 Å². The van der Waals surface area contributed by atoms with Crippen molar-refractivity contribution in [1.29, 1.82) is 0 Å². The summed E-state index contributed by atoms with van der Waals surface area (Å²) in [6.07, 6.45) is 2.29. The molecule has 3 rings (SSSR count). The highest BCUT2D eigenvalue weighted by Crippen LogP contribution is 2.23. The molecule has 23 heavy (non-hydrogen) atoms. The molecule has 1 amide bonds. The van der Waals surface area contributed by atoms with Crippen molar-refractivity contribution >= 4 is 18.3 Å². The van der Waals surface area contributed by atoms with Gasteiger partial charge in [0.25, 0.3) is 0 Å². The van der Waals surface area contributed by atoms with Gasteiger partial charge in [-0.05, 0) is 12.1 Å². The fraction of sp³-hybridized carbons (Fsp3) is 0.375. The summed E-state index contributed by atoms with van der Waals surface area (Å²) in [4.78, 5) is 18.0. The number of oxazole rings is 1. The second-order valence-corrected chi connectivity index (χ2v) is 5.23. The molecule has 7 heteroatoms. The molecule has 0 bridgehead atoms. The number of hydrogen-bond donors (Lipinski definition) is 1. The normalized spacial score (nSPS) is 14.4. The summed E-state index contributed by atoms with van der Waals surface area (Å²) in [5, 5.41) is 3.21. The lowest BCUT2D eigenvalue weighted by molar-refractivity contribution is -0.131. The van der Waals surface area contributed by atoms with E-state index in [1.165, 1.54) is 12.3 Å². The summed E-state index contributed by atoms with van der Waals surface area (Å²) >= 11 is 0. The first-order valence-corrected chi connectivity index (χ1v) is 7.42. The van der Waals surface area contributed by atoms with Crippen LogP contribution in [-0.2, 0) is 11.2 Å². The van der Waals surface area contributed by atoms with Gasteiger partial charge in [-0.2, -0.15) is 0 Å². The average molecular weight is 340 g/mol. The van der Waals surface area contributed by atoms with Crippen LogP contribution in [-0.4, -0.2) is 42.0 Å². The minimum Gasteiger partial charge on any atom is -0.441 e. The predicted molar refractivity (Wildman–Crippen MR) is 86.9 cm³/mol. The summed E-state index contributed by atoms with van der Waals surface area (Å²) in [5.74, 6) is 0.610. The van der Waals surface area contributed by atoms with Crippen molar-refractivity contribution in [2.75, 3.05) is 26.2 Å². The van der Waals surface area contributed by atoms with Gasteiger partial charge in [-0.1, -0.05) is 12.1 Å². The minimum atomic E-state index is -0.345. The van der Waals surface area contributed by atoms with Gasteiger partial charge >= 0.3 is 0 Å². The van der Waals surface area contributed by atoms with Crippen LogP contribution in [0.15, 0.2) is 34.9 Å². The smallest absolute Gasteiger partial charge is 0.223 e. The van der Waals surface area contributed by atoms with E-state index in [1.54, 1.807) is 18.2 Å². The number of rotatable bonds is 4. The van der Waals surface area contributed by atoms with Crippen LogP contribution in [0.25, 0.3) is 11.3 Å². The standard InChI is InChI=1S/C16H18FN3O2.ClH/c17-13-4-2-1-3-12(13)14-11-19-15(22-14)5-6-16(21)20-9-7-18-8-10-20;/h1-4,11,18H,5-10H2;1H. The summed E-state index contributed by atoms with van der Waals surface area (Å²) in [5.41, 5.74) is 0.384. The summed E-state index contributed by atoms with van der Waals surface area (Å²) < 4.78 is 19.2. The number of amides is 1. The molecule has 1 aliphatic heterocycles. The zero-order valence-electron chi connectivity index (χ0n) is 12.6. The first-order valence-electron chi connectivity index (χ1n) is 7.42. The topological polar surface area (TPSA) is 58.4 Å². The van der Waals surface area contributed by atoms with Gasteiger partial charge in [-0.25, -0.2) is 9.37 Å². The van der Waals surface area contributed by atoms with E-state index < -0.39 is 0 Å². The number of carbonyl (C=O) groups excluding carboxylic acids is 1. The Labute approximate surface area is 140 Å². The molecular weight excluding hydrogens is 321 g/mol. The Kier molecular flexibility index (Phi) is 6.12. The maximum Gasteiger partial charge on any atom is 0.223 e. The van der Waals surface area contributed by atoms with Crippen molar-refractivity contribution in [3.05, 3.63) is 42.2 Å². The molecule has 124 valence electrons. The molecule has 1 aromatic carbocycles. The molecule has 1 aromatic heterocycles. The zero-order valence-corrected chi connectivity index (χ0v) is 13.4. The van der Waals surface area contributed by atoms with Crippen molar-refractivity contribution in [1.82, 2.24) is 15.2 Å². The van der Waals surface area contributed by atoms with Gasteiger partial charge in [-0.15, -0.1) is 12.4 Å². The fourth-order valence-electron chi connectivity index (χ4n) is 2.50. The highest BCUT2D eigenvalue weighted by atomic mass is 35.5. The Balaban J connectivity index is 0.00000192. The maximum absolute atomic E-state index is 13.7. The van der Waals surface area contributed by atoms with Gasteiger partial charge < -0.3 is 14.6 Å². The lowest BCUT2D eigenvalue weighted by atomic mass is 10.2. The monoisotopic (exact) mass is 339 g/mol. The number of carbonyl (C=O) groups is 1. The van der Waals surface area contributed by atoms with Crippen molar-refractivity contribution in [2.45, 2.75) is 12.8 Å². The SMILES string of the molecule is Cl.O=C(CCc1ncc(-c2ccccc2F)o1)N1CCNCC1. The van der Waals surface area contributed by atoms with Crippen LogP contribution in [0, 0.1) is 5.82 Å². The molecule has 1 fully saturated rings. The van der Waals surface area contributed by atoms with Crippen LogP contribution in [0.1, 0.15) is 12.3 Å². The molecule has 0 saturated carbocycles. The molecule has 5 nitrogen and oxygen atoms in total. The second-order valence-electron chi connectivity index (χ2n) is 5.23. The van der Waals surface area contributed by atoms with Crippen molar-refractivity contribution in [3.8, 4) is 11.3 Å². The number of aryl methyl sites for hydroxylation is 1. The molecule has 2 aromatic rings. The Bertz CT molecular complexity index is 656. The number of piperazine rings is 1. The molecule has 0 radical (unpaired) electrons. The van der Waals surface area contributed by atoms with Crippen LogP contribution in [0.5, 0.6) is 0 Å². The molecule has 0 unspecified atom stereocenters. The van der Waals surface area contributed by atoms with Crippen LogP contribution in [0.3, 0.4) is 0 Å². The number of halogens is 2. The fourth-order valence-corrected chi connectivity index (χ4v) is 2.50. The maximum atomic E-state index is 13.7. The Morgan fingerprint density at radius 1 is 1.30 bits per heavy atom. The predicted octanol–water partition coefficient (Wildman–Crippen LogP) is 2.27. The van der Waals surface area contributed by atoms with E-state index >= 15 is 0 Å². The van der Waals surface area contributed by atoms with E-state index in [1.807, 2.05) is 4.90 Å². The molecule has 0 atom stereocenters. The highest BCUT2D eigenvalue weighted by Gasteiger charge is 2.17. The van der Waals surface area contributed by atoms with Crippen LogP contribution in [0.4, 0.5) is 4.39 Å². The third-order valence-corrected chi connectivity index (χ3v) is 3.72. The van der Waals surface area contributed by atoms with Crippen LogP contribution >= 0.6 is 12.4 Å². The van der Waals surface area contributed by atoms with Gasteiger partial charge in [0.15, 0.2) is 11.7 Å². The molecular formula is C16H19ClFN3O2. The largest absolute Gasteiger partial charge is 0.441 e. The van der Waals surface area contributed by atoms with Crippen molar-refractivity contribution in [3.63, 3.8) is 0 Å². The lowest BCUT2D eigenvalue weighted by Gasteiger charge is -2.27. The zero-order chi connectivity index (χ0) is 15.4. The molecule has 1 N–H and O–H groups in total. The second kappa shape index (κ2) is 8.08. The molecule has 0 aliphatic carbocycles. The average Bonchev–Trinajstić information content (AvgIpc) is 3.02. The first-order chi connectivity index (χ1) is 10.7. The third kappa shape index (κ3) is 4.30. The van der Waals surface area contributed by atoms with E-state index in [9.17, 15) is 9.18 Å². The van der Waals surface area contributed by atoms with Gasteiger partial charge in [0.05, 0.1) is 11.8 Å². The Morgan fingerprint density at radius 2 is 2.04 bits per heavy atom. The molecule has 1 aliphatic rings. The quantitative estimate of drug-likeness (QED) is 0.928. The molecule has 1 saturated heterocycles. The van der Waals surface area contributed by atoms with Gasteiger partial charge in [-0.3, -0.25) is 4.79 Å². The summed E-state index contributed by atoms with van der Waals surface area (Å²) in [6.45, 7) is 3.15. The van der Waals surface area contributed by atoms with Gasteiger partial charge in [0.2, 0.25) is 5.91 Å². The van der Waals surface area contributed by atoms with Crippen LogP contribution < -0.4 is 5.32 Å². The number of nitrogens with zero attached hydrogens (tertiary/aromatic N) is 2. The molecule has 0 spiro atoms. The van der Waals surface area contributed by atoms with E-state index in [4.69, 9.17) is 4.42 Å². The van der Waals surface area contributed by atoms with Gasteiger partial charge in [0.1, 0.15) is 5.82 Å². The van der Waals surface area contributed by atoms with E-state index in [-0.39, 0.29) is 24.1 Å². The van der Waals surface area contributed by atoms with Crippen molar-refractivity contribution in [2.24, 2.45) is 0 Å². The van der Waals surface area contributed by atoms with Crippen LogP contribution in [0.2, 0.25) is 0 Å². The van der Waals surface area contributed by atoms with E-state index in [2.05, 4.69) is 10.3 Å². The summed E-state index contributed by atoms with van der Waals surface area (Å²) in [7, 11) is 0. The third-order valence-electron chi connectivity index (χ3n) is 3.72. The first kappa shape index (κ1) is 17.4. The Morgan fingerprint density at radius 3 is 2.78 bits per heavy atom. The molecule has 2 heterocycles. The minimum absolute atomic E-state index is 0. The van der Waals surface area contributed by atoms with E-state index in [0.29, 0.717) is 30.1 Å². The Hall–Kier alpha value is -1.92. The lowest BCUT2D eigenvalue weighted by Crippen LogP contribution is -2.46. The van der Waals surface area contributed by atoms with Gasteiger partial charge in [0, 0.05) is 39.0 Å². The number of hydrogen-bond acceptors (Lipinski definition) is 4. The number of nitrogens with one attached hydrogen (secondary N) is 1. The number of benzene rings is 1.